The van der Waals surface area contributed by atoms with E-state index in [2.05, 4.69) is 4.98 Å². The Balaban J connectivity index is 1.91. The van der Waals surface area contributed by atoms with Gasteiger partial charge >= 0.3 is 0 Å². The van der Waals surface area contributed by atoms with Crippen molar-refractivity contribution in [2.75, 3.05) is 6.61 Å². The molecule has 0 aliphatic heterocycles. The molecule has 0 aliphatic rings. The van der Waals surface area contributed by atoms with E-state index in [-0.39, 0.29) is 17.4 Å². The number of ether oxygens (including phenoxy) is 1. The van der Waals surface area contributed by atoms with Gasteiger partial charge in [-0.3, -0.25) is 4.98 Å². The molecule has 2 rings (SSSR count). The van der Waals surface area contributed by atoms with Crippen molar-refractivity contribution in [2.24, 2.45) is 5.73 Å². The molecule has 1 aromatic heterocycles. The quantitative estimate of drug-likeness (QED) is 0.656. The van der Waals surface area contributed by atoms with Crippen LogP contribution in [0.15, 0.2) is 42.6 Å². The van der Waals surface area contributed by atoms with Crippen molar-refractivity contribution >= 4 is 17.2 Å². The van der Waals surface area contributed by atoms with Gasteiger partial charge in [0.15, 0.2) is 0 Å². The molecule has 0 aliphatic carbocycles. The molecule has 3 nitrogen and oxygen atoms in total. The van der Waals surface area contributed by atoms with Gasteiger partial charge in [-0.1, -0.05) is 18.3 Å². The van der Waals surface area contributed by atoms with Crippen molar-refractivity contribution in [2.45, 2.75) is 13.0 Å². The Labute approximate surface area is 122 Å². The molecule has 0 bridgehead atoms. The van der Waals surface area contributed by atoms with Gasteiger partial charge in [-0.15, -0.1) is 0 Å². The number of nitrogens with two attached hydrogens (primary N) is 1. The van der Waals surface area contributed by atoms with Crippen molar-refractivity contribution in [3.05, 3.63) is 65.2 Å². The van der Waals surface area contributed by atoms with Gasteiger partial charge in [0.05, 0.1) is 13.2 Å². The first-order valence-electron chi connectivity index (χ1n) is 6.22. The second kappa shape index (κ2) is 7.07. The summed E-state index contributed by atoms with van der Waals surface area (Å²) in [5.74, 6) is -0.326. The predicted octanol–water partition coefficient (Wildman–Crippen LogP) is 2.61. The largest absolute Gasteiger partial charge is 0.389 e. The van der Waals surface area contributed by atoms with E-state index in [1.165, 1.54) is 12.1 Å². The van der Waals surface area contributed by atoms with E-state index in [0.717, 1.165) is 5.69 Å². The molecule has 0 saturated heterocycles. The molecule has 0 saturated carbocycles. The van der Waals surface area contributed by atoms with Crippen LogP contribution in [0.3, 0.4) is 0 Å². The highest BCUT2D eigenvalue weighted by molar-refractivity contribution is 7.80. The molecule has 1 heterocycles. The van der Waals surface area contributed by atoms with Crippen molar-refractivity contribution in [3.63, 3.8) is 0 Å². The van der Waals surface area contributed by atoms with E-state index in [1.807, 2.05) is 18.2 Å². The first-order valence-corrected chi connectivity index (χ1v) is 6.63. The Hall–Kier alpha value is -1.85. The minimum atomic E-state index is -0.326. The predicted molar refractivity (Wildman–Crippen MR) is 79.9 cm³/mol. The molecule has 2 N–H and O–H groups in total. The summed E-state index contributed by atoms with van der Waals surface area (Å²) >= 11 is 4.94. The molecular formula is C15H15FN2OS. The molecule has 20 heavy (non-hydrogen) atoms. The molecule has 5 heteroatoms. The summed E-state index contributed by atoms with van der Waals surface area (Å²) in [6, 6.07) is 10.0. The number of aromatic nitrogens is 1. The van der Waals surface area contributed by atoms with Crippen molar-refractivity contribution < 1.29 is 9.13 Å². The lowest BCUT2D eigenvalue weighted by Crippen LogP contribution is -2.13. The van der Waals surface area contributed by atoms with Crippen LogP contribution in [0.5, 0.6) is 0 Å². The van der Waals surface area contributed by atoms with Gasteiger partial charge in [-0.25, -0.2) is 4.39 Å². The molecule has 0 radical (unpaired) electrons. The maximum absolute atomic E-state index is 13.2. The third kappa shape index (κ3) is 4.08. The molecule has 2 aromatic rings. The van der Waals surface area contributed by atoms with Crippen LogP contribution < -0.4 is 5.73 Å². The SMILES string of the molecule is NC(=S)c1ccc(F)cc1COCCc1ccccn1. The van der Waals surface area contributed by atoms with Crippen LogP contribution in [0.2, 0.25) is 0 Å². The summed E-state index contributed by atoms with van der Waals surface area (Å²) < 4.78 is 18.8. The average molecular weight is 290 g/mol. The van der Waals surface area contributed by atoms with Crippen LogP contribution in [0.4, 0.5) is 4.39 Å². The van der Waals surface area contributed by atoms with Gasteiger partial charge in [0, 0.05) is 23.9 Å². The fourth-order valence-electron chi connectivity index (χ4n) is 1.83. The van der Waals surface area contributed by atoms with E-state index in [4.69, 9.17) is 22.7 Å². The molecule has 0 fully saturated rings. The molecule has 0 spiro atoms. The lowest BCUT2D eigenvalue weighted by molar-refractivity contribution is 0.123. The minimum absolute atomic E-state index is 0.244. The fraction of sp³-hybridized carbons (Fsp3) is 0.200. The van der Waals surface area contributed by atoms with Gasteiger partial charge in [-0.05, 0) is 35.9 Å². The second-order valence-corrected chi connectivity index (χ2v) is 4.73. The third-order valence-electron chi connectivity index (χ3n) is 2.82. The number of hydrogen-bond acceptors (Lipinski definition) is 3. The number of pyridine rings is 1. The van der Waals surface area contributed by atoms with Crippen molar-refractivity contribution in [1.29, 1.82) is 0 Å². The lowest BCUT2D eigenvalue weighted by Gasteiger charge is -2.09. The number of benzene rings is 1. The highest BCUT2D eigenvalue weighted by Gasteiger charge is 2.07. The summed E-state index contributed by atoms with van der Waals surface area (Å²) in [6.45, 7) is 0.779. The number of rotatable bonds is 6. The van der Waals surface area contributed by atoms with Gasteiger partial charge in [-0.2, -0.15) is 0 Å². The number of nitrogens with zero attached hydrogens (tertiary/aromatic N) is 1. The first-order chi connectivity index (χ1) is 9.66. The van der Waals surface area contributed by atoms with Crippen LogP contribution in [0.1, 0.15) is 16.8 Å². The smallest absolute Gasteiger partial charge is 0.123 e. The number of halogens is 1. The van der Waals surface area contributed by atoms with Crippen LogP contribution in [0.25, 0.3) is 0 Å². The highest BCUT2D eigenvalue weighted by Crippen LogP contribution is 2.13. The highest BCUT2D eigenvalue weighted by atomic mass is 32.1. The average Bonchev–Trinajstić information content (AvgIpc) is 2.44. The summed E-state index contributed by atoms with van der Waals surface area (Å²) in [5, 5.41) is 0. The van der Waals surface area contributed by atoms with Crippen molar-refractivity contribution in [3.8, 4) is 0 Å². The molecule has 0 unspecified atom stereocenters. The number of thiocarbonyl (C=S) groups is 1. The standard InChI is InChI=1S/C15H15FN2OS/c16-12-4-5-14(15(17)20)11(9-12)10-19-8-6-13-3-1-2-7-18-13/h1-5,7,9H,6,8,10H2,(H2,17,20). The topological polar surface area (TPSA) is 48.1 Å². The zero-order valence-electron chi connectivity index (χ0n) is 10.9. The maximum Gasteiger partial charge on any atom is 0.123 e. The summed E-state index contributed by atoms with van der Waals surface area (Å²) in [4.78, 5) is 4.45. The first kappa shape index (κ1) is 14.6. The summed E-state index contributed by atoms with van der Waals surface area (Å²) in [6.07, 6.45) is 2.45. The van der Waals surface area contributed by atoms with Crippen molar-refractivity contribution in [1.82, 2.24) is 4.98 Å². The zero-order chi connectivity index (χ0) is 14.4. The Bertz CT molecular complexity index is 590. The van der Waals surface area contributed by atoms with Gasteiger partial charge in [0.1, 0.15) is 10.8 Å². The van der Waals surface area contributed by atoms with E-state index in [0.29, 0.717) is 24.2 Å². The fourth-order valence-corrected chi connectivity index (χ4v) is 2.03. The van der Waals surface area contributed by atoms with Gasteiger partial charge in [0.2, 0.25) is 0 Å². The van der Waals surface area contributed by atoms with E-state index in [9.17, 15) is 4.39 Å². The van der Waals surface area contributed by atoms with Gasteiger partial charge in [0.25, 0.3) is 0 Å². The monoisotopic (exact) mass is 290 g/mol. The summed E-state index contributed by atoms with van der Waals surface area (Å²) in [7, 11) is 0. The van der Waals surface area contributed by atoms with E-state index in [1.54, 1.807) is 12.3 Å². The van der Waals surface area contributed by atoms with E-state index >= 15 is 0 Å². The van der Waals surface area contributed by atoms with Gasteiger partial charge < -0.3 is 10.5 Å². The maximum atomic E-state index is 13.2. The normalized spacial score (nSPS) is 10.4. The van der Waals surface area contributed by atoms with Crippen LogP contribution in [-0.2, 0) is 17.8 Å². The Morgan fingerprint density at radius 3 is 2.85 bits per heavy atom. The Morgan fingerprint density at radius 2 is 2.15 bits per heavy atom. The lowest BCUT2D eigenvalue weighted by atomic mass is 10.1. The van der Waals surface area contributed by atoms with Crippen LogP contribution in [0, 0.1) is 5.82 Å². The second-order valence-electron chi connectivity index (χ2n) is 4.29. The Morgan fingerprint density at radius 1 is 1.30 bits per heavy atom. The minimum Gasteiger partial charge on any atom is -0.389 e. The Kier molecular flexibility index (Phi) is 5.15. The molecule has 1 aromatic carbocycles. The molecular weight excluding hydrogens is 275 g/mol. The zero-order valence-corrected chi connectivity index (χ0v) is 11.7. The number of hydrogen-bond donors (Lipinski definition) is 1. The van der Waals surface area contributed by atoms with E-state index < -0.39 is 0 Å². The van der Waals surface area contributed by atoms with Crippen LogP contribution in [-0.4, -0.2) is 16.6 Å². The van der Waals surface area contributed by atoms with Crippen LogP contribution >= 0.6 is 12.2 Å². The summed E-state index contributed by atoms with van der Waals surface area (Å²) in [5.41, 5.74) is 7.88. The molecule has 0 atom stereocenters. The third-order valence-corrected chi connectivity index (χ3v) is 3.04. The molecule has 104 valence electrons. The molecule has 0 amide bonds.